The minimum Gasteiger partial charge on any atom is -0.244 e. The van der Waals surface area contributed by atoms with Crippen LogP contribution in [0.5, 0.6) is 0 Å². The molecule has 0 spiro atoms. The highest BCUT2D eigenvalue weighted by atomic mass is 35.5. The Morgan fingerprint density at radius 3 is 2.10 bits per heavy atom. The molecule has 1 aromatic carbocycles. The predicted molar refractivity (Wildman–Crippen MR) is 82.7 cm³/mol. The molecule has 2 aromatic rings. The zero-order valence-electron chi connectivity index (χ0n) is 10.1. The first-order valence-corrected chi connectivity index (χ1v) is 10.1. The summed E-state index contributed by atoms with van der Waals surface area (Å²) >= 11 is 12.3. The molecule has 20 heavy (non-hydrogen) atoms. The lowest BCUT2D eigenvalue weighted by Gasteiger charge is -2.04. The van der Waals surface area contributed by atoms with E-state index in [2.05, 4.69) is 3.77 Å². The summed E-state index contributed by atoms with van der Waals surface area (Å²) in [7, 11) is -7.09. The largest absolute Gasteiger partial charge is 0.299 e. The van der Waals surface area contributed by atoms with Crippen molar-refractivity contribution in [3.8, 4) is 0 Å². The third kappa shape index (κ3) is 3.53. The van der Waals surface area contributed by atoms with Crippen LogP contribution in [0.4, 0.5) is 0 Å². The first kappa shape index (κ1) is 15.8. The van der Waals surface area contributed by atoms with E-state index in [9.17, 15) is 12.6 Å². The van der Waals surface area contributed by atoms with E-state index >= 15 is 0 Å². The Balaban J connectivity index is 2.53. The smallest absolute Gasteiger partial charge is 0.244 e. The second-order valence-corrected chi connectivity index (χ2v) is 10.3. The summed E-state index contributed by atoms with van der Waals surface area (Å²) in [5.74, 6) is 0. The van der Waals surface area contributed by atoms with E-state index in [1.54, 1.807) is 0 Å². The van der Waals surface area contributed by atoms with Gasteiger partial charge in [0.1, 0.15) is 4.21 Å². The summed E-state index contributed by atoms with van der Waals surface area (Å²) in [6, 6.07) is 8.84. The third-order valence-electron chi connectivity index (χ3n) is 2.29. The van der Waals surface area contributed by atoms with Crippen LogP contribution in [-0.4, -0.2) is 18.9 Å². The van der Waals surface area contributed by atoms with Crippen molar-refractivity contribution in [3.63, 3.8) is 0 Å². The van der Waals surface area contributed by atoms with Crippen LogP contribution in [-0.2, 0) is 19.8 Å². The van der Waals surface area contributed by atoms with E-state index in [0.717, 1.165) is 11.3 Å². The van der Waals surface area contributed by atoms with Gasteiger partial charge < -0.3 is 0 Å². The van der Waals surface area contributed by atoms with Gasteiger partial charge in [-0.1, -0.05) is 23.2 Å². The summed E-state index contributed by atoms with van der Waals surface area (Å²) in [5.41, 5.74) is 0. The van der Waals surface area contributed by atoms with Gasteiger partial charge in [0.05, 0.1) is 14.1 Å². The van der Waals surface area contributed by atoms with E-state index < -0.39 is 19.8 Å². The highest BCUT2D eigenvalue weighted by Gasteiger charge is 2.19. The monoisotopic (exact) mass is 369 g/mol. The Hall–Kier alpha value is -0.600. The molecule has 0 aliphatic heterocycles. The van der Waals surface area contributed by atoms with E-state index in [4.69, 9.17) is 23.2 Å². The normalized spacial score (nSPS) is 14.8. The Bertz CT molecular complexity index is 847. The lowest BCUT2D eigenvalue weighted by atomic mass is 10.4. The quantitative estimate of drug-likeness (QED) is 0.823. The maximum absolute atomic E-state index is 12.5. The number of benzene rings is 1. The molecule has 0 aliphatic rings. The molecule has 1 atom stereocenters. The number of nitrogens with zero attached hydrogens (tertiary/aromatic N) is 1. The number of rotatable bonds is 3. The van der Waals surface area contributed by atoms with Crippen LogP contribution in [0.15, 0.2) is 49.3 Å². The minimum atomic E-state index is -4.00. The van der Waals surface area contributed by atoms with Crippen molar-refractivity contribution in [1.29, 1.82) is 0 Å². The highest BCUT2D eigenvalue weighted by Crippen LogP contribution is 2.28. The average Bonchev–Trinajstić information content (AvgIpc) is 2.76. The minimum absolute atomic E-state index is 0.0361. The van der Waals surface area contributed by atoms with Crippen molar-refractivity contribution >= 4 is 54.3 Å². The van der Waals surface area contributed by atoms with E-state index in [1.807, 2.05) is 0 Å². The first-order chi connectivity index (χ1) is 9.21. The molecule has 0 saturated carbocycles. The molecule has 108 valence electrons. The van der Waals surface area contributed by atoms with Crippen LogP contribution in [0.25, 0.3) is 0 Å². The molecule has 9 heteroatoms. The van der Waals surface area contributed by atoms with Crippen LogP contribution in [0, 0.1) is 0 Å². The molecular weight excluding hydrogens is 361 g/mol. The number of hydrogen-bond donors (Lipinski definition) is 0. The maximum Gasteiger partial charge on any atom is 0.299 e. The molecule has 0 bridgehead atoms. The van der Waals surface area contributed by atoms with Crippen molar-refractivity contribution in [2.45, 2.75) is 9.10 Å². The van der Waals surface area contributed by atoms with Gasteiger partial charge in [-0.2, -0.15) is 8.42 Å². The van der Waals surface area contributed by atoms with E-state index in [0.29, 0.717) is 14.3 Å². The fraction of sp³-hybridized carbons (Fsp3) is 0.0909. The van der Waals surface area contributed by atoms with Crippen molar-refractivity contribution < 1.29 is 12.6 Å². The van der Waals surface area contributed by atoms with Gasteiger partial charge in [0.2, 0.25) is 0 Å². The Kier molecular flexibility index (Phi) is 4.46. The van der Waals surface area contributed by atoms with Gasteiger partial charge in [-0.25, -0.2) is 4.21 Å². The van der Waals surface area contributed by atoms with Gasteiger partial charge >= 0.3 is 0 Å². The van der Waals surface area contributed by atoms with Gasteiger partial charge in [-0.05, 0) is 36.4 Å². The second-order valence-electron chi connectivity index (χ2n) is 3.86. The van der Waals surface area contributed by atoms with Crippen molar-refractivity contribution in [2.24, 2.45) is 3.77 Å². The molecule has 0 N–H and O–H groups in total. The first-order valence-electron chi connectivity index (χ1n) is 5.20. The number of sulfonamides is 1. The van der Waals surface area contributed by atoms with Crippen LogP contribution >= 0.6 is 34.5 Å². The lowest BCUT2D eigenvalue weighted by Crippen LogP contribution is -2.03. The zero-order valence-corrected chi connectivity index (χ0v) is 14.1. The van der Waals surface area contributed by atoms with Crippen molar-refractivity contribution in [1.82, 2.24) is 0 Å². The fourth-order valence-corrected chi connectivity index (χ4v) is 6.41. The molecule has 2 rings (SSSR count). The maximum atomic E-state index is 12.5. The molecule has 0 aliphatic carbocycles. The van der Waals surface area contributed by atoms with Gasteiger partial charge in [0.25, 0.3) is 10.0 Å². The van der Waals surface area contributed by atoms with Crippen LogP contribution < -0.4 is 0 Å². The zero-order chi connectivity index (χ0) is 15.0. The van der Waals surface area contributed by atoms with Gasteiger partial charge in [-0.3, -0.25) is 0 Å². The molecule has 0 fully saturated rings. The fourth-order valence-electron chi connectivity index (χ4n) is 1.39. The van der Waals surface area contributed by atoms with E-state index in [1.165, 1.54) is 42.7 Å². The Morgan fingerprint density at radius 1 is 1.00 bits per heavy atom. The van der Waals surface area contributed by atoms with Crippen LogP contribution in [0.3, 0.4) is 0 Å². The summed E-state index contributed by atoms with van der Waals surface area (Å²) in [4.78, 5) is 0.299. The van der Waals surface area contributed by atoms with Crippen molar-refractivity contribution in [3.05, 3.63) is 45.8 Å². The molecule has 0 radical (unpaired) electrons. The van der Waals surface area contributed by atoms with Gasteiger partial charge in [-0.15, -0.1) is 15.1 Å². The van der Waals surface area contributed by atoms with Gasteiger partial charge in [0.15, 0.2) is 0 Å². The number of thiophene rings is 1. The summed E-state index contributed by atoms with van der Waals surface area (Å²) < 4.78 is 40.5. The SMILES string of the molecule is CS(=O)(=NS(=O)(=O)c1ccc(Cl)s1)c1ccc(Cl)cc1. The summed E-state index contributed by atoms with van der Waals surface area (Å²) in [6.07, 6.45) is 1.27. The molecule has 1 heterocycles. The standard InChI is InChI=1S/C11H9Cl2NO3S3/c1-19(15,9-4-2-8(12)3-5-9)14-20(16,17)11-7-6-10(13)18-11/h2-7H,1H3. The third-order valence-corrected chi connectivity index (χ3v) is 8.17. The summed E-state index contributed by atoms with van der Waals surface area (Å²) in [5, 5.41) is 0.469. The molecule has 4 nitrogen and oxygen atoms in total. The molecule has 0 saturated heterocycles. The average molecular weight is 370 g/mol. The second kappa shape index (κ2) is 5.65. The topological polar surface area (TPSA) is 63.6 Å². The molecule has 1 aromatic heterocycles. The molecular formula is C11H9Cl2NO3S3. The molecule has 0 amide bonds. The highest BCUT2D eigenvalue weighted by molar-refractivity contribution is 8.03. The van der Waals surface area contributed by atoms with Crippen molar-refractivity contribution in [2.75, 3.05) is 6.26 Å². The number of hydrogen-bond acceptors (Lipinski definition) is 4. The van der Waals surface area contributed by atoms with Crippen LogP contribution in [0.2, 0.25) is 9.36 Å². The van der Waals surface area contributed by atoms with Gasteiger partial charge in [0, 0.05) is 16.2 Å². The van der Waals surface area contributed by atoms with Crippen LogP contribution in [0.1, 0.15) is 0 Å². The Labute approximate surface area is 131 Å². The lowest BCUT2D eigenvalue weighted by molar-refractivity contribution is 0.600. The number of halogens is 2. The Morgan fingerprint density at radius 2 is 1.60 bits per heavy atom. The molecule has 1 unspecified atom stereocenters. The van der Waals surface area contributed by atoms with E-state index in [-0.39, 0.29) is 4.21 Å². The predicted octanol–water partition coefficient (Wildman–Crippen LogP) is 3.90. The summed E-state index contributed by atoms with van der Waals surface area (Å²) in [6.45, 7) is 0.